The number of nitrogens with one attached hydrogen (secondary N) is 1. The monoisotopic (exact) mass is 273 g/mol. The van der Waals surface area contributed by atoms with Gasteiger partial charge in [0.2, 0.25) is 0 Å². The molecule has 0 aliphatic heterocycles. The summed E-state index contributed by atoms with van der Waals surface area (Å²) in [5.74, 6) is 0.378. The Bertz CT molecular complexity index is 558. The average Bonchev–Trinajstić information content (AvgIpc) is 2.92. The molecule has 1 amide bonds. The van der Waals surface area contributed by atoms with Gasteiger partial charge in [-0.2, -0.15) is 0 Å². The van der Waals surface area contributed by atoms with Crippen molar-refractivity contribution in [3.63, 3.8) is 0 Å². The summed E-state index contributed by atoms with van der Waals surface area (Å²) < 4.78 is 0. The van der Waals surface area contributed by atoms with Gasteiger partial charge in [0.05, 0.1) is 4.88 Å². The standard InChI is InChI=1S/C16H19NOS/c1-4-12-7-5-8-13(11(2)3)15(12)17-16(18)14-9-6-10-19-14/h5-11H,4H2,1-3H3,(H,17,18). The van der Waals surface area contributed by atoms with Crippen molar-refractivity contribution in [2.45, 2.75) is 33.1 Å². The number of hydrogen-bond donors (Lipinski definition) is 1. The number of para-hydroxylation sites is 1. The summed E-state index contributed by atoms with van der Waals surface area (Å²) in [7, 11) is 0. The summed E-state index contributed by atoms with van der Waals surface area (Å²) in [5, 5.41) is 5.01. The molecule has 0 atom stereocenters. The fraction of sp³-hybridized carbons (Fsp3) is 0.312. The minimum atomic E-state index is -0.0159. The second kappa shape index (κ2) is 6.02. The van der Waals surface area contributed by atoms with Gasteiger partial charge >= 0.3 is 0 Å². The van der Waals surface area contributed by atoms with E-state index < -0.39 is 0 Å². The molecule has 0 aliphatic carbocycles. The predicted octanol–water partition coefficient (Wildman–Crippen LogP) is 4.69. The number of rotatable bonds is 4. The molecular weight excluding hydrogens is 254 g/mol. The molecule has 0 radical (unpaired) electrons. The summed E-state index contributed by atoms with van der Waals surface area (Å²) >= 11 is 1.47. The molecule has 2 aromatic rings. The van der Waals surface area contributed by atoms with Crippen LogP contribution in [0.2, 0.25) is 0 Å². The van der Waals surface area contributed by atoms with Crippen molar-refractivity contribution < 1.29 is 4.79 Å². The van der Waals surface area contributed by atoms with E-state index in [0.717, 1.165) is 17.0 Å². The summed E-state index contributed by atoms with van der Waals surface area (Å²) in [4.78, 5) is 13.0. The van der Waals surface area contributed by atoms with E-state index in [9.17, 15) is 4.79 Å². The Morgan fingerprint density at radius 3 is 2.63 bits per heavy atom. The van der Waals surface area contributed by atoms with Gasteiger partial charge in [-0.25, -0.2) is 0 Å². The largest absolute Gasteiger partial charge is 0.321 e. The van der Waals surface area contributed by atoms with E-state index in [4.69, 9.17) is 0 Å². The van der Waals surface area contributed by atoms with Crippen LogP contribution in [0.4, 0.5) is 5.69 Å². The van der Waals surface area contributed by atoms with E-state index in [0.29, 0.717) is 5.92 Å². The number of anilines is 1. The SMILES string of the molecule is CCc1cccc(C(C)C)c1NC(=O)c1cccs1. The Labute approximate surface area is 118 Å². The predicted molar refractivity (Wildman–Crippen MR) is 82.2 cm³/mol. The summed E-state index contributed by atoms with van der Waals surface area (Å²) in [6, 6.07) is 9.98. The fourth-order valence-electron chi connectivity index (χ4n) is 2.13. The van der Waals surface area contributed by atoms with Crippen molar-refractivity contribution in [3.8, 4) is 0 Å². The Kier molecular flexibility index (Phi) is 4.38. The van der Waals surface area contributed by atoms with Crippen molar-refractivity contribution in [2.75, 3.05) is 5.32 Å². The lowest BCUT2D eigenvalue weighted by atomic mass is 9.96. The van der Waals surface area contributed by atoms with E-state index in [1.165, 1.54) is 22.5 Å². The van der Waals surface area contributed by atoms with E-state index in [1.54, 1.807) is 0 Å². The highest BCUT2D eigenvalue weighted by Crippen LogP contribution is 2.29. The normalized spacial score (nSPS) is 10.7. The smallest absolute Gasteiger partial charge is 0.265 e. The van der Waals surface area contributed by atoms with Gasteiger partial charge in [-0.1, -0.05) is 45.0 Å². The van der Waals surface area contributed by atoms with Gasteiger partial charge < -0.3 is 5.32 Å². The van der Waals surface area contributed by atoms with Gasteiger partial charge in [-0.3, -0.25) is 4.79 Å². The molecule has 0 fully saturated rings. The Morgan fingerprint density at radius 2 is 2.05 bits per heavy atom. The first-order valence-electron chi connectivity index (χ1n) is 6.60. The van der Waals surface area contributed by atoms with E-state index >= 15 is 0 Å². The first kappa shape index (κ1) is 13.8. The van der Waals surface area contributed by atoms with E-state index in [2.05, 4.69) is 44.3 Å². The summed E-state index contributed by atoms with van der Waals surface area (Å²) in [5.41, 5.74) is 3.37. The van der Waals surface area contributed by atoms with Crippen LogP contribution in [0.3, 0.4) is 0 Å². The van der Waals surface area contributed by atoms with Gasteiger partial charge in [0.15, 0.2) is 0 Å². The molecule has 1 aromatic carbocycles. The summed E-state index contributed by atoms with van der Waals surface area (Å²) in [6.45, 7) is 6.41. The third-order valence-electron chi connectivity index (χ3n) is 3.17. The number of carbonyl (C=O) groups excluding carboxylic acids is 1. The molecule has 0 unspecified atom stereocenters. The average molecular weight is 273 g/mol. The van der Waals surface area contributed by atoms with Crippen LogP contribution in [0.25, 0.3) is 0 Å². The molecule has 2 nitrogen and oxygen atoms in total. The Hall–Kier alpha value is -1.61. The maximum absolute atomic E-state index is 12.2. The van der Waals surface area contributed by atoms with Crippen molar-refractivity contribution >= 4 is 22.9 Å². The van der Waals surface area contributed by atoms with Crippen LogP contribution in [0.1, 0.15) is 47.5 Å². The zero-order chi connectivity index (χ0) is 13.8. The minimum absolute atomic E-state index is 0.0159. The third kappa shape index (κ3) is 3.04. The molecule has 0 bridgehead atoms. The first-order valence-corrected chi connectivity index (χ1v) is 7.48. The first-order chi connectivity index (χ1) is 9.13. The molecule has 1 N–H and O–H groups in total. The lowest BCUT2D eigenvalue weighted by molar-refractivity contribution is 0.103. The second-order valence-corrected chi connectivity index (χ2v) is 5.77. The molecule has 0 spiro atoms. The molecule has 1 heterocycles. The van der Waals surface area contributed by atoms with E-state index in [-0.39, 0.29) is 5.91 Å². The zero-order valence-corrected chi connectivity index (χ0v) is 12.4. The lowest BCUT2D eigenvalue weighted by Crippen LogP contribution is -2.14. The number of carbonyl (C=O) groups is 1. The van der Waals surface area contributed by atoms with Crippen molar-refractivity contribution in [3.05, 3.63) is 51.7 Å². The number of thiophene rings is 1. The highest BCUT2D eigenvalue weighted by atomic mass is 32.1. The van der Waals surface area contributed by atoms with Gasteiger partial charge in [-0.15, -0.1) is 11.3 Å². The van der Waals surface area contributed by atoms with E-state index in [1.807, 2.05) is 17.5 Å². The van der Waals surface area contributed by atoms with Crippen LogP contribution >= 0.6 is 11.3 Å². The van der Waals surface area contributed by atoms with Crippen molar-refractivity contribution in [1.82, 2.24) is 0 Å². The number of hydrogen-bond acceptors (Lipinski definition) is 2. The lowest BCUT2D eigenvalue weighted by Gasteiger charge is -2.17. The maximum atomic E-state index is 12.2. The maximum Gasteiger partial charge on any atom is 0.265 e. The minimum Gasteiger partial charge on any atom is -0.321 e. The molecule has 2 rings (SSSR count). The van der Waals surface area contributed by atoms with Crippen LogP contribution < -0.4 is 5.32 Å². The Balaban J connectivity index is 2.35. The van der Waals surface area contributed by atoms with Crippen LogP contribution in [0, 0.1) is 0 Å². The second-order valence-electron chi connectivity index (χ2n) is 4.82. The molecule has 0 saturated heterocycles. The number of benzene rings is 1. The Morgan fingerprint density at radius 1 is 1.26 bits per heavy atom. The molecule has 19 heavy (non-hydrogen) atoms. The molecule has 0 aliphatic rings. The van der Waals surface area contributed by atoms with Gasteiger partial charge in [0.1, 0.15) is 0 Å². The quantitative estimate of drug-likeness (QED) is 0.860. The number of aryl methyl sites for hydroxylation is 1. The number of amides is 1. The zero-order valence-electron chi connectivity index (χ0n) is 11.6. The van der Waals surface area contributed by atoms with Crippen LogP contribution in [0.15, 0.2) is 35.7 Å². The molecule has 1 aromatic heterocycles. The van der Waals surface area contributed by atoms with Crippen LogP contribution in [0.5, 0.6) is 0 Å². The topological polar surface area (TPSA) is 29.1 Å². The van der Waals surface area contributed by atoms with Crippen LogP contribution in [-0.4, -0.2) is 5.91 Å². The summed E-state index contributed by atoms with van der Waals surface area (Å²) in [6.07, 6.45) is 0.917. The molecule has 100 valence electrons. The molecule has 0 saturated carbocycles. The van der Waals surface area contributed by atoms with Crippen molar-refractivity contribution in [1.29, 1.82) is 0 Å². The highest BCUT2D eigenvalue weighted by Gasteiger charge is 2.14. The van der Waals surface area contributed by atoms with Crippen LogP contribution in [-0.2, 0) is 6.42 Å². The van der Waals surface area contributed by atoms with Gasteiger partial charge in [-0.05, 0) is 34.9 Å². The molecular formula is C16H19NOS. The van der Waals surface area contributed by atoms with Crippen molar-refractivity contribution in [2.24, 2.45) is 0 Å². The molecule has 3 heteroatoms. The fourth-order valence-corrected chi connectivity index (χ4v) is 2.75. The van der Waals surface area contributed by atoms with Gasteiger partial charge in [0, 0.05) is 5.69 Å². The third-order valence-corrected chi connectivity index (χ3v) is 4.04. The van der Waals surface area contributed by atoms with Gasteiger partial charge in [0.25, 0.3) is 5.91 Å². The highest BCUT2D eigenvalue weighted by molar-refractivity contribution is 7.12.